The van der Waals surface area contributed by atoms with Gasteiger partial charge in [-0.2, -0.15) is 0 Å². The van der Waals surface area contributed by atoms with Crippen LogP contribution >= 0.6 is 31.9 Å². The second kappa shape index (κ2) is 13.5. The molecule has 0 aliphatic carbocycles. The third-order valence-corrected chi connectivity index (χ3v) is 8.42. The van der Waals surface area contributed by atoms with Gasteiger partial charge in [0, 0.05) is 34.1 Å². The van der Waals surface area contributed by atoms with Crippen molar-refractivity contribution < 1.29 is 48.1 Å². The minimum Gasteiger partial charge on any atom is -1.00 e. The van der Waals surface area contributed by atoms with Crippen molar-refractivity contribution in [1.82, 2.24) is 9.13 Å². The van der Waals surface area contributed by atoms with Crippen LogP contribution in [0.2, 0.25) is 13.1 Å². The minimum atomic E-state index is 0. The van der Waals surface area contributed by atoms with Crippen LogP contribution in [0, 0.1) is 0 Å². The summed E-state index contributed by atoms with van der Waals surface area (Å²) in [7, 11) is 4.29. The first-order chi connectivity index (χ1) is 19.2. The number of aromatic nitrogens is 2. The summed E-state index contributed by atoms with van der Waals surface area (Å²) in [5.41, 5.74) is 5.45. The van der Waals surface area contributed by atoms with Crippen molar-refractivity contribution >= 4 is 102 Å². The molecule has 0 aliphatic heterocycles. The molecule has 0 amide bonds. The summed E-state index contributed by atoms with van der Waals surface area (Å²) in [5, 5.41) is 10.6. The van der Waals surface area contributed by atoms with Crippen molar-refractivity contribution in [2.24, 2.45) is 14.1 Å². The molecular weight excluding hydrogens is 786 g/mol. The van der Waals surface area contributed by atoms with Crippen LogP contribution in [-0.2, 0) is 37.4 Å². The van der Waals surface area contributed by atoms with Crippen molar-refractivity contribution in [2.45, 2.75) is 13.1 Å². The molecule has 8 rings (SSSR count). The maximum absolute atomic E-state index is 3.56. The van der Waals surface area contributed by atoms with Gasteiger partial charge >= 0.3 is 41.9 Å². The van der Waals surface area contributed by atoms with E-state index in [-0.39, 0.29) is 30.2 Å². The Balaban J connectivity index is 0.000000165. The van der Waals surface area contributed by atoms with Crippen LogP contribution < -0.4 is 24.8 Å². The fraction of sp³-hybridized carbons (Fsp3) is 0.118. The van der Waals surface area contributed by atoms with E-state index >= 15 is 0 Å². The van der Waals surface area contributed by atoms with Gasteiger partial charge in [-0.05, 0) is 35.3 Å². The SMILES string of the molecule is C[Si](C)=[Zr+2].Cn1c2ccc(Br)cc2c2[cH-]c3ccccc3c21.Cn1c2ccc(Br)cc2c2[cH-]c3ccccc3c21.[Cl-].[Cl-]. The first-order valence-corrected chi connectivity index (χ1v) is 21.0. The smallest absolute Gasteiger partial charge is 0.0108 e. The summed E-state index contributed by atoms with van der Waals surface area (Å²) in [6.07, 6.45) is 0. The number of benzene rings is 4. The molecule has 8 aromatic rings. The molecule has 212 valence electrons. The van der Waals surface area contributed by atoms with Gasteiger partial charge in [0.25, 0.3) is 0 Å². The molecule has 2 heterocycles. The van der Waals surface area contributed by atoms with E-state index in [1.165, 1.54) is 65.2 Å². The molecule has 0 radical (unpaired) electrons. The predicted molar refractivity (Wildman–Crippen MR) is 180 cm³/mol. The van der Waals surface area contributed by atoms with E-state index in [1.807, 2.05) is 0 Å². The Bertz CT molecular complexity index is 2070. The molecule has 0 N–H and O–H groups in total. The van der Waals surface area contributed by atoms with Gasteiger partial charge in [0.1, 0.15) is 0 Å². The Morgan fingerprint density at radius 2 is 0.952 bits per heavy atom. The molecule has 0 saturated carbocycles. The van der Waals surface area contributed by atoms with Crippen LogP contribution in [0.25, 0.3) is 65.2 Å². The van der Waals surface area contributed by atoms with E-state index in [0.717, 1.165) is 8.95 Å². The largest absolute Gasteiger partial charge is 1.00 e. The van der Waals surface area contributed by atoms with Gasteiger partial charge in [0.05, 0.1) is 0 Å². The van der Waals surface area contributed by atoms with Gasteiger partial charge in [0.15, 0.2) is 0 Å². The molecule has 0 saturated heterocycles. The fourth-order valence-corrected chi connectivity index (χ4v) is 6.54. The zero-order valence-electron chi connectivity index (χ0n) is 23.6. The first-order valence-electron chi connectivity index (χ1n) is 13.2. The third-order valence-electron chi connectivity index (χ3n) is 7.43. The summed E-state index contributed by atoms with van der Waals surface area (Å²) < 4.78 is 6.85. The van der Waals surface area contributed by atoms with Gasteiger partial charge < -0.3 is 33.9 Å². The Labute approximate surface area is 290 Å². The van der Waals surface area contributed by atoms with Gasteiger partial charge in [-0.15, -0.1) is 35.0 Å². The van der Waals surface area contributed by atoms with Crippen LogP contribution in [0.15, 0.2) is 106 Å². The number of hydrogen-bond donors (Lipinski definition) is 0. The monoisotopic (exact) mass is 810 g/mol. The van der Waals surface area contributed by atoms with E-state index in [1.54, 1.807) is 23.3 Å². The van der Waals surface area contributed by atoms with Crippen LogP contribution in [0.5, 0.6) is 0 Å². The standard InChI is InChI=1S/2C16H11BrN.C2H6Si.2ClH.Zr/c2*1-18-15-7-6-11(17)9-13(15)14-8-10-4-2-3-5-12(10)16(14)18;1-3-2;;;/h2*2-9H,1H3;1-2H3;2*1H;/q2*-1;;;;+2/p-2. The molecule has 0 aliphatic rings. The molecule has 0 unspecified atom stereocenters. The number of hydrogen-bond acceptors (Lipinski definition) is 0. The van der Waals surface area contributed by atoms with Crippen molar-refractivity contribution in [3.63, 3.8) is 0 Å². The summed E-state index contributed by atoms with van der Waals surface area (Å²) in [5.74, 6) is 0. The number of nitrogens with zero attached hydrogens (tertiary/aromatic N) is 2. The molecule has 6 aromatic carbocycles. The molecule has 42 heavy (non-hydrogen) atoms. The second-order valence-electron chi connectivity index (χ2n) is 10.4. The van der Waals surface area contributed by atoms with Gasteiger partial charge in [0.2, 0.25) is 0 Å². The Morgan fingerprint density at radius 1 is 0.595 bits per heavy atom. The number of rotatable bonds is 0. The van der Waals surface area contributed by atoms with E-state index in [2.05, 4.69) is 165 Å². The molecule has 2 nitrogen and oxygen atoms in total. The van der Waals surface area contributed by atoms with E-state index < -0.39 is 0 Å². The van der Waals surface area contributed by atoms with Crippen LogP contribution in [0.3, 0.4) is 0 Å². The van der Waals surface area contributed by atoms with Crippen LogP contribution in [-0.4, -0.2) is 14.6 Å². The van der Waals surface area contributed by atoms with E-state index in [0.29, 0.717) is 0 Å². The van der Waals surface area contributed by atoms with Crippen LogP contribution in [0.1, 0.15) is 0 Å². The van der Waals surface area contributed by atoms with E-state index in [4.69, 9.17) is 0 Å². The number of aryl methyl sites for hydroxylation is 2. The summed E-state index contributed by atoms with van der Waals surface area (Å²) in [6.45, 7) is 4.62. The molecule has 8 heteroatoms. The number of fused-ring (bicyclic) bond motifs is 10. The normalized spacial score (nSPS) is 10.9. The average Bonchev–Trinajstić information content (AvgIpc) is 3.64. The van der Waals surface area contributed by atoms with Crippen molar-refractivity contribution in [3.05, 3.63) is 106 Å². The Morgan fingerprint density at radius 3 is 1.33 bits per heavy atom. The number of halogens is 4. The molecule has 0 bridgehead atoms. The zero-order valence-corrected chi connectivity index (χ0v) is 31.8. The fourth-order valence-electron chi connectivity index (χ4n) is 5.82. The molecule has 0 spiro atoms. The maximum atomic E-state index is 3.56. The summed E-state index contributed by atoms with van der Waals surface area (Å²) in [4.78, 5) is 0. The van der Waals surface area contributed by atoms with Crippen LogP contribution in [0.4, 0.5) is 0 Å². The van der Waals surface area contributed by atoms with Crippen molar-refractivity contribution in [2.75, 3.05) is 0 Å². The first kappa shape index (κ1) is 33.2. The van der Waals surface area contributed by atoms with Gasteiger partial charge in [-0.3, -0.25) is 0 Å². The molecule has 0 atom stereocenters. The molecular formula is C34H28Br2Cl2N2SiZr-2. The predicted octanol–water partition coefficient (Wildman–Crippen LogP) is 4.72. The molecule has 0 fully saturated rings. The topological polar surface area (TPSA) is 9.86 Å². The van der Waals surface area contributed by atoms with Crippen molar-refractivity contribution in [1.29, 1.82) is 0 Å². The van der Waals surface area contributed by atoms with E-state index in [9.17, 15) is 0 Å². The summed E-state index contributed by atoms with van der Waals surface area (Å²) in [6, 6.07) is 34.7. The zero-order chi connectivity index (χ0) is 28.1. The quantitative estimate of drug-likeness (QED) is 0.155. The Kier molecular flexibility index (Phi) is 10.7. The summed E-state index contributed by atoms with van der Waals surface area (Å²) >= 11 is 8.86. The minimum absolute atomic E-state index is 0. The average molecular weight is 815 g/mol. The van der Waals surface area contributed by atoms with Gasteiger partial charge in [-0.1, -0.05) is 113 Å². The third kappa shape index (κ3) is 6.01. The second-order valence-corrected chi connectivity index (χ2v) is 21.6. The van der Waals surface area contributed by atoms with Gasteiger partial charge in [-0.25, -0.2) is 0 Å². The van der Waals surface area contributed by atoms with Crippen molar-refractivity contribution in [3.8, 4) is 0 Å². The molecule has 2 aromatic heterocycles. The Hall–Kier alpha value is -1.66. The maximum Gasteiger partial charge on any atom is 0.0108 e.